The fourth-order valence-electron chi connectivity index (χ4n) is 2.39. The fraction of sp³-hybridized carbons (Fsp3) is 0.300. The largest absolute Gasteiger partial charge is 0.481 e. The third-order valence-electron chi connectivity index (χ3n) is 3.91. The number of nitrogens with one attached hydrogen (secondary N) is 1. The number of hydrogen-bond acceptors (Lipinski definition) is 4. The first-order valence-electron chi connectivity index (χ1n) is 8.63. The number of nitrogens with zero attached hydrogens (tertiary/aromatic N) is 2. The van der Waals surface area contributed by atoms with Crippen molar-refractivity contribution in [3.05, 3.63) is 59.1 Å². The number of benzene rings is 2. The average Bonchev–Trinajstić information content (AvgIpc) is 2.65. The molecule has 138 valence electrons. The van der Waals surface area contributed by atoms with Crippen molar-refractivity contribution in [1.29, 1.82) is 0 Å². The second-order valence-corrected chi connectivity index (χ2v) is 6.15. The molecule has 5 nitrogen and oxygen atoms in total. The number of hydrazone groups is 1. The van der Waals surface area contributed by atoms with Crippen molar-refractivity contribution in [2.24, 2.45) is 5.10 Å². The Morgan fingerprint density at radius 1 is 1.15 bits per heavy atom. The molecular weight excluding hydrogens is 350 g/mol. The highest BCUT2D eigenvalue weighted by Crippen LogP contribution is 2.17. The van der Waals surface area contributed by atoms with E-state index < -0.39 is 6.10 Å². The van der Waals surface area contributed by atoms with E-state index >= 15 is 0 Å². The topological polar surface area (TPSA) is 53.9 Å². The van der Waals surface area contributed by atoms with Gasteiger partial charge in [-0.15, -0.1) is 0 Å². The Labute approximate surface area is 159 Å². The van der Waals surface area contributed by atoms with E-state index in [0.29, 0.717) is 10.8 Å². The van der Waals surface area contributed by atoms with Crippen LogP contribution in [0.15, 0.2) is 53.6 Å². The first-order chi connectivity index (χ1) is 12.5. The quantitative estimate of drug-likeness (QED) is 0.559. The normalized spacial score (nSPS) is 12.0. The summed E-state index contributed by atoms with van der Waals surface area (Å²) in [6, 6.07) is 14.9. The van der Waals surface area contributed by atoms with Crippen LogP contribution in [0.3, 0.4) is 0 Å². The van der Waals surface area contributed by atoms with Crippen LogP contribution in [0.25, 0.3) is 0 Å². The van der Waals surface area contributed by atoms with E-state index in [1.807, 2.05) is 24.3 Å². The van der Waals surface area contributed by atoms with Gasteiger partial charge in [-0.25, -0.2) is 5.43 Å². The van der Waals surface area contributed by atoms with Crippen molar-refractivity contribution in [2.45, 2.75) is 26.9 Å². The molecule has 0 aliphatic heterocycles. The van der Waals surface area contributed by atoms with Crippen LogP contribution in [0.4, 0.5) is 5.69 Å². The molecule has 0 aromatic heterocycles. The first kappa shape index (κ1) is 19.8. The predicted octanol–water partition coefficient (Wildman–Crippen LogP) is 4.10. The first-order valence-corrected chi connectivity index (χ1v) is 9.01. The van der Waals surface area contributed by atoms with E-state index in [9.17, 15) is 4.79 Å². The Hall–Kier alpha value is -2.53. The summed E-state index contributed by atoms with van der Waals surface area (Å²) in [6.07, 6.45) is 0.942. The van der Waals surface area contributed by atoms with Gasteiger partial charge in [0.1, 0.15) is 5.75 Å². The molecule has 0 heterocycles. The van der Waals surface area contributed by atoms with Gasteiger partial charge in [0, 0.05) is 23.8 Å². The van der Waals surface area contributed by atoms with Gasteiger partial charge in [0.25, 0.3) is 5.91 Å². The SMILES string of the molecule is CCN(CC)c1ccc(/C=N\NC(=O)[C@H](C)Oc2ccc(Cl)cc2)cc1. The van der Waals surface area contributed by atoms with Gasteiger partial charge in [0.2, 0.25) is 0 Å². The van der Waals surface area contributed by atoms with E-state index in [0.717, 1.165) is 18.7 Å². The highest BCUT2D eigenvalue weighted by Gasteiger charge is 2.13. The summed E-state index contributed by atoms with van der Waals surface area (Å²) in [7, 11) is 0. The van der Waals surface area contributed by atoms with Gasteiger partial charge < -0.3 is 9.64 Å². The number of amides is 1. The minimum absolute atomic E-state index is 0.323. The zero-order valence-electron chi connectivity index (χ0n) is 15.3. The van der Waals surface area contributed by atoms with Crippen molar-refractivity contribution >= 4 is 29.4 Å². The van der Waals surface area contributed by atoms with Crippen molar-refractivity contribution in [2.75, 3.05) is 18.0 Å². The van der Waals surface area contributed by atoms with Gasteiger partial charge in [-0.05, 0) is 62.7 Å². The summed E-state index contributed by atoms with van der Waals surface area (Å²) in [5.41, 5.74) is 4.57. The van der Waals surface area contributed by atoms with Crippen molar-refractivity contribution in [1.82, 2.24) is 5.43 Å². The lowest BCUT2D eigenvalue weighted by atomic mass is 10.2. The molecule has 1 atom stereocenters. The number of hydrogen-bond donors (Lipinski definition) is 1. The Bertz CT molecular complexity index is 726. The molecule has 0 aliphatic carbocycles. The van der Waals surface area contributed by atoms with Gasteiger partial charge in [-0.3, -0.25) is 4.79 Å². The van der Waals surface area contributed by atoms with Gasteiger partial charge >= 0.3 is 0 Å². The Morgan fingerprint density at radius 3 is 2.35 bits per heavy atom. The Balaban J connectivity index is 1.86. The van der Waals surface area contributed by atoms with E-state index in [1.54, 1.807) is 37.4 Å². The summed E-state index contributed by atoms with van der Waals surface area (Å²) in [5.74, 6) is 0.254. The molecule has 0 spiro atoms. The van der Waals surface area contributed by atoms with Crippen LogP contribution < -0.4 is 15.1 Å². The molecule has 0 unspecified atom stereocenters. The molecule has 2 aromatic rings. The van der Waals surface area contributed by atoms with E-state index in [4.69, 9.17) is 16.3 Å². The molecule has 0 bridgehead atoms. The molecule has 0 saturated carbocycles. The molecule has 0 radical (unpaired) electrons. The van der Waals surface area contributed by atoms with Crippen molar-refractivity contribution in [3.8, 4) is 5.75 Å². The second kappa shape index (κ2) is 9.82. The molecule has 2 rings (SSSR count). The molecular formula is C20H24ClN3O2. The molecule has 6 heteroatoms. The van der Waals surface area contributed by atoms with Crippen molar-refractivity contribution < 1.29 is 9.53 Å². The summed E-state index contributed by atoms with van der Waals surface area (Å²) >= 11 is 5.82. The van der Waals surface area contributed by atoms with E-state index in [1.165, 1.54) is 5.69 Å². The number of carbonyl (C=O) groups is 1. The maximum Gasteiger partial charge on any atom is 0.280 e. The third-order valence-corrected chi connectivity index (χ3v) is 4.16. The van der Waals surface area contributed by atoms with Crippen molar-refractivity contribution in [3.63, 3.8) is 0 Å². The number of ether oxygens (including phenoxy) is 1. The zero-order valence-corrected chi connectivity index (χ0v) is 16.0. The number of halogens is 1. The molecule has 1 amide bonds. The van der Waals surface area contributed by atoms with E-state index in [2.05, 4.69) is 29.3 Å². The van der Waals surface area contributed by atoms with Gasteiger partial charge in [0.15, 0.2) is 6.10 Å². The standard InChI is InChI=1S/C20H24ClN3O2/c1-4-24(5-2)18-10-6-16(7-11-18)14-22-23-20(25)15(3)26-19-12-8-17(21)9-13-19/h6-15H,4-5H2,1-3H3,(H,23,25)/b22-14-/t15-/m0/s1. The summed E-state index contributed by atoms with van der Waals surface area (Å²) in [6.45, 7) is 7.85. The monoisotopic (exact) mass is 373 g/mol. The number of carbonyl (C=O) groups excluding carboxylic acids is 1. The second-order valence-electron chi connectivity index (χ2n) is 5.71. The van der Waals surface area contributed by atoms with Crippen LogP contribution in [0.2, 0.25) is 5.02 Å². The zero-order chi connectivity index (χ0) is 18.9. The summed E-state index contributed by atoms with van der Waals surface area (Å²) in [4.78, 5) is 14.3. The highest BCUT2D eigenvalue weighted by atomic mass is 35.5. The molecule has 0 fully saturated rings. The van der Waals surface area contributed by atoms with Crippen LogP contribution >= 0.6 is 11.6 Å². The Morgan fingerprint density at radius 2 is 1.77 bits per heavy atom. The molecule has 0 aliphatic rings. The third kappa shape index (κ3) is 5.77. The smallest absolute Gasteiger partial charge is 0.280 e. The van der Waals surface area contributed by atoms with Gasteiger partial charge in [-0.2, -0.15) is 5.10 Å². The van der Waals surface area contributed by atoms with Crippen LogP contribution in [-0.4, -0.2) is 31.3 Å². The maximum absolute atomic E-state index is 12.0. The number of rotatable bonds is 8. The summed E-state index contributed by atoms with van der Waals surface area (Å²) < 4.78 is 5.55. The van der Waals surface area contributed by atoms with Gasteiger partial charge in [0.05, 0.1) is 6.21 Å². The number of anilines is 1. The van der Waals surface area contributed by atoms with E-state index in [-0.39, 0.29) is 5.91 Å². The fourth-order valence-corrected chi connectivity index (χ4v) is 2.52. The average molecular weight is 374 g/mol. The Kier molecular flexibility index (Phi) is 7.48. The van der Waals surface area contributed by atoms with Crippen LogP contribution in [0.1, 0.15) is 26.3 Å². The molecule has 2 aromatic carbocycles. The molecule has 1 N–H and O–H groups in total. The predicted molar refractivity (Wildman–Crippen MR) is 107 cm³/mol. The highest BCUT2D eigenvalue weighted by molar-refractivity contribution is 6.30. The van der Waals surface area contributed by atoms with Crippen LogP contribution in [0, 0.1) is 0 Å². The van der Waals surface area contributed by atoms with Crippen LogP contribution in [0.5, 0.6) is 5.75 Å². The lowest BCUT2D eigenvalue weighted by molar-refractivity contribution is -0.127. The molecule has 26 heavy (non-hydrogen) atoms. The summed E-state index contributed by atoms with van der Waals surface area (Å²) in [5, 5.41) is 4.61. The molecule has 0 saturated heterocycles. The maximum atomic E-state index is 12.0. The lowest BCUT2D eigenvalue weighted by Gasteiger charge is -2.20. The van der Waals surface area contributed by atoms with Crippen LogP contribution in [-0.2, 0) is 4.79 Å². The minimum Gasteiger partial charge on any atom is -0.481 e. The minimum atomic E-state index is -0.668. The lowest BCUT2D eigenvalue weighted by Crippen LogP contribution is -2.33. The van der Waals surface area contributed by atoms with Gasteiger partial charge in [-0.1, -0.05) is 23.7 Å².